The van der Waals surface area contributed by atoms with Gasteiger partial charge in [-0.15, -0.1) is 5.10 Å². The van der Waals surface area contributed by atoms with E-state index in [-0.39, 0.29) is 17.9 Å². The van der Waals surface area contributed by atoms with Gasteiger partial charge in [0.05, 0.1) is 12.1 Å². The summed E-state index contributed by atoms with van der Waals surface area (Å²) in [6, 6.07) is 7.64. The van der Waals surface area contributed by atoms with Gasteiger partial charge in [0.1, 0.15) is 0 Å². The summed E-state index contributed by atoms with van der Waals surface area (Å²) in [5.74, 6) is -0.191. The van der Waals surface area contributed by atoms with Gasteiger partial charge in [-0.2, -0.15) is 5.10 Å². The largest absolute Gasteiger partial charge is 0.481 e. The van der Waals surface area contributed by atoms with E-state index in [0.29, 0.717) is 5.82 Å². The van der Waals surface area contributed by atoms with Crippen molar-refractivity contribution in [1.29, 1.82) is 0 Å². The molecule has 0 aliphatic carbocycles. The number of carbonyl (C=O) groups is 1. The molecule has 0 saturated carbocycles. The molecule has 0 aliphatic rings. The Kier molecular flexibility index (Phi) is 4.11. The van der Waals surface area contributed by atoms with Gasteiger partial charge in [-0.25, -0.2) is 0 Å². The first-order valence-corrected chi connectivity index (χ1v) is 6.99. The van der Waals surface area contributed by atoms with Crippen LogP contribution >= 0.6 is 0 Å². The molecule has 21 heavy (non-hydrogen) atoms. The van der Waals surface area contributed by atoms with Gasteiger partial charge >= 0.3 is 5.97 Å². The van der Waals surface area contributed by atoms with E-state index < -0.39 is 5.97 Å². The van der Waals surface area contributed by atoms with Gasteiger partial charge in [0.25, 0.3) is 0 Å². The predicted octanol–water partition coefficient (Wildman–Crippen LogP) is 3.24. The van der Waals surface area contributed by atoms with Gasteiger partial charge in [0, 0.05) is 16.8 Å². The number of aryl methyl sites for hydroxylation is 1. The van der Waals surface area contributed by atoms with Gasteiger partial charge < -0.3 is 10.4 Å². The number of nitrogens with one attached hydrogen (secondary N) is 1. The van der Waals surface area contributed by atoms with Gasteiger partial charge in [-0.05, 0) is 12.3 Å². The number of aliphatic carboxylic acids is 1. The Morgan fingerprint density at radius 3 is 2.43 bits per heavy atom. The second-order valence-corrected chi connectivity index (χ2v) is 6.34. The van der Waals surface area contributed by atoms with Gasteiger partial charge in [-0.3, -0.25) is 4.79 Å². The molecular formula is C16H21N3O2. The molecule has 1 unspecified atom stereocenters. The van der Waals surface area contributed by atoms with Crippen molar-refractivity contribution in [2.75, 3.05) is 5.32 Å². The van der Waals surface area contributed by atoms with Crippen LogP contribution in [0.25, 0.3) is 10.8 Å². The highest BCUT2D eigenvalue weighted by atomic mass is 16.4. The molecule has 1 aromatic heterocycles. The molecule has 0 bridgehead atoms. The monoisotopic (exact) mass is 287 g/mol. The molecule has 5 nitrogen and oxygen atoms in total. The van der Waals surface area contributed by atoms with Crippen molar-refractivity contribution in [3.8, 4) is 0 Å². The van der Waals surface area contributed by atoms with Crippen LogP contribution in [0, 0.1) is 12.3 Å². The number of hydrogen-bond acceptors (Lipinski definition) is 4. The third-order valence-electron chi connectivity index (χ3n) is 3.61. The van der Waals surface area contributed by atoms with Gasteiger partial charge in [0.2, 0.25) is 0 Å². The van der Waals surface area contributed by atoms with Crippen LogP contribution < -0.4 is 5.32 Å². The normalized spacial score (nSPS) is 13.1. The lowest BCUT2D eigenvalue weighted by Gasteiger charge is -2.31. The maximum absolute atomic E-state index is 11.1. The lowest BCUT2D eigenvalue weighted by Crippen LogP contribution is -2.36. The Bertz CT molecular complexity index is 662. The molecule has 0 amide bonds. The second-order valence-electron chi connectivity index (χ2n) is 6.34. The summed E-state index contributed by atoms with van der Waals surface area (Å²) in [5, 5.41) is 22.7. The summed E-state index contributed by atoms with van der Waals surface area (Å²) in [5.41, 5.74) is 0.660. The molecule has 0 radical (unpaired) electrons. The summed E-state index contributed by atoms with van der Waals surface area (Å²) >= 11 is 0. The molecule has 0 spiro atoms. The minimum atomic E-state index is -0.827. The quantitative estimate of drug-likeness (QED) is 0.903. The van der Waals surface area contributed by atoms with E-state index in [4.69, 9.17) is 5.11 Å². The number of carboxylic acid groups (broad SMARTS) is 1. The molecule has 2 N–H and O–H groups in total. The molecule has 0 saturated heterocycles. The standard InChI is InChI=1S/C16H21N3O2/c1-10-11-7-5-6-8-12(11)15(19-18-10)17-13(9-14(20)21)16(2,3)4/h5-8,13H,9H2,1-4H3,(H,17,19)(H,20,21). The van der Waals surface area contributed by atoms with E-state index in [1.807, 2.05) is 52.0 Å². The average molecular weight is 287 g/mol. The zero-order valence-corrected chi connectivity index (χ0v) is 12.8. The highest BCUT2D eigenvalue weighted by Gasteiger charge is 2.27. The maximum Gasteiger partial charge on any atom is 0.305 e. The van der Waals surface area contributed by atoms with E-state index in [2.05, 4.69) is 15.5 Å². The summed E-state index contributed by atoms with van der Waals surface area (Å²) in [6.07, 6.45) is 0.0351. The Hall–Kier alpha value is -2.17. The minimum Gasteiger partial charge on any atom is -0.481 e. The summed E-state index contributed by atoms with van der Waals surface area (Å²) in [4.78, 5) is 11.1. The van der Waals surface area contributed by atoms with Crippen LogP contribution in [0.1, 0.15) is 32.9 Å². The van der Waals surface area contributed by atoms with Gasteiger partial charge in [0.15, 0.2) is 5.82 Å². The first-order valence-electron chi connectivity index (χ1n) is 6.99. The van der Waals surface area contributed by atoms with Crippen molar-refractivity contribution in [3.05, 3.63) is 30.0 Å². The SMILES string of the molecule is Cc1nnc(NC(CC(=O)O)C(C)(C)C)c2ccccc12. The van der Waals surface area contributed by atoms with E-state index in [1.165, 1.54) is 0 Å². The van der Waals surface area contributed by atoms with Crippen molar-refractivity contribution in [2.24, 2.45) is 5.41 Å². The highest BCUT2D eigenvalue weighted by molar-refractivity contribution is 5.93. The molecule has 1 heterocycles. The smallest absolute Gasteiger partial charge is 0.305 e. The van der Waals surface area contributed by atoms with E-state index in [0.717, 1.165) is 16.5 Å². The van der Waals surface area contributed by atoms with Crippen LogP contribution in [0.3, 0.4) is 0 Å². The number of hydrogen-bond donors (Lipinski definition) is 2. The number of fused-ring (bicyclic) bond motifs is 1. The van der Waals surface area contributed by atoms with Crippen LogP contribution in [0.4, 0.5) is 5.82 Å². The fraction of sp³-hybridized carbons (Fsp3) is 0.438. The van der Waals surface area contributed by atoms with Crippen molar-refractivity contribution in [2.45, 2.75) is 40.2 Å². The van der Waals surface area contributed by atoms with Crippen LogP contribution in [0.2, 0.25) is 0 Å². The summed E-state index contributed by atoms with van der Waals surface area (Å²) < 4.78 is 0. The second kappa shape index (κ2) is 5.68. The first kappa shape index (κ1) is 15.2. The molecule has 1 aromatic carbocycles. The lowest BCUT2D eigenvalue weighted by atomic mass is 9.84. The molecule has 5 heteroatoms. The van der Waals surface area contributed by atoms with E-state index in [9.17, 15) is 4.79 Å². The van der Waals surface area contributed by atoms with Crippen molar-refractivity contribution in [1.82, 2.24) is 10.2 Å². The Morgan fingerprint density at radius 1 is 1.24 bits per heavy atom. The zero-order valence-electron chi connectivity index (χ0n) is 12.8. The minimum absolute atomic E-state index is 0.0351. The predicted molar refractivity (Wildman–Crippen MR) is 83.4 cm³/mol. The number of nitrogens with zero attached hydrogens (tertiary/aromatic N) is 2. The Morgan fingerprint density at radius 2 is 1.86 bits per heavy atom. The summed E-state index contributed by atoms with van der Waals surface area (Å²) in [6.45, 7) is 7.95. The molecule has 0 aliphatic heterocycles. The Labute approximate surface area is 124 Å². The van der Waals surface area contributed by atoms with Crippen LogP contribution in [0.5, 0.6) is 0 Å². The van der Waals surface area contributed by atoms with Crippen LogP contribution in [0.15, 0.2) is 24.3 Å². The fourth-order valence-corrected chi connectivity index (χ4v) is 2.26. The molecule has 112 valence electrons. The number of benzene rings is 1. The number of rotatable bonds is 4. The lowest BCUT2D eigenvalue weighted by molar-refractivity contribution is -0.137. The van der Waals surface area contributed by atoms with Crippen LogP contribution in [-0.4, -0.2) is 27.3 Å². The number of aromatic nitrogens is 2. The zero-order chi connectivity index (χ0) is 15.6. The topological polar surface area (TPSA) is 75.1 Å². The van der Waals surface area contributed by atoms with Crippen molar-refractivity contribution < 1.29 is 9.90 Å². The van der Waals surface area contributed by atoms with Crippen molar-refractivity contribution in [3.63, 3.8) is 0 Å². The first-order chi connectivity index (χ1) is 9.79. The average Bonchev–Trinajstić information content (AvgIpc) is 2.40. The fourth-order valence-electron chi connectivity index (χ4n) is 2.26. The van der Waals surface area contributed by atoms with Gasteiger partial charge in [-0.1, -0.05) is 45.0 Å². The summed E-state index contributed by atoms with van der Waals surface area (Å²) in [7, 11) is 0. The molecule has 2 rings (SSSR count). The maximum atomic E-state index is 11.1. The third-order valence-corrected chi connectivity index (χ3v) is 3.61. The molecule has 1 atom stereocenters. The Balaban J connectivity index is 2.42. The molecule has 2 aromatic rings. The van der Waals surface area contributed by atoms with Crippen LogP contribution in [-0.2, 0) is 4.79 Å². The molecule has 0 fully saturated rings. The number of carboxylic acids is 1. The third kappa shape index (κ3) is 3.48. The van der Waals surface area contributed by atoms with E-state index >= 15 is 0 Å². The number of anilines is 1. The van der Waals surface area contributed by atoms with E-state index in [1.54, 1.807) is 0 Å². The highest BCUT2D eigenvalue weighted by Crippen LogP contribution is 2.28. The van der Waals surface area contributed by atoms with Crippen molar-refractivity contribution >= 4 is 22.6 Å². The molecular weight excluding hydrogens is 266 g/mol.